The number of fused-ring (bicyclic) bond motifs is 5. The number of phosphoric ester groups is 1. The average Bonchev–Trinajstić information content (AvgIpc) is 4.40. The maximum absolute atomic E-state index is 14.1. The number of ether oxygens (including phenoxy) is 3. The van der Waals surface area contributed by atoms with Crippen LogP contribution in [-0.2, 0) is 37.4 Å². The summed E-state index contributed by atoms with van der Waals surface area (Å²) in [6, 6.07) is 0. The smallest absolute Gasteiger partial charge is 0.472 e. The minimum atomic E-state index is -4.54. The quantitative estimate of drug-likeness (QED) is 0.0304. The molecule has 80 heavy (non-hydrogen) atoms. The van der Waals surface area contributed by atoms with Crippen LogP contribution in [0.4, 0.5) is 0 Å². The van der Waals surface area contributed by atoms with E-state index >= 15 is 0 Å². The number of carbonyl (C=O) groups is 2. The Kier molecular flexibility index (Phi) is 26.2. The molecule has 6 rings (SSSR count). The lowest BCUT2D eigenvalue weighted by Gasteiger charge is -2.21. The summed E-state index contributed by atoms with van der Waals surface area (Å²) in [5.74, 6) is -1.16. The molecule has 0 spiro atoms. The van der Waals surface area contributed by atoms with Crippen LogP contribution in [0.2, 0.25) is 0 Å². The number of allylic oxidation sites excluding steroid dienone is 11. The van der Waals surface area contributed by atoms with Crippen LogP contribution in [0.5, 0.6) is 0 Å². The molecule has 444 valence electrons. The predicted molar refractivity (Wildman–Crippen MR) is 321 cm³/mol. The Morgan fingerprint density at radius 2 is 1.35 bits per heavy atom. The van der Waals surface area contributed by atoms with E-state index in [1.807, 2.05) is 27.1 Å². The highest BCUT2D eigenvalue weighted by atomic mass is 31.2. The molecule has 5 atom stereocenters. The second-order valence-corrected chi connectivity index (χ2v) is 24.5. The average molecular weight is 1130 g/mol. The van der Waals surface area contributed by atoms with Crippen molar-refractivity contribution >= 4 is 36.9 Å². The van der Waals surface area contributed by atoms with E-state index in [0.29, 0.717) is 31.7 Å². The van der Waals surface area contributed by atoms with E-state index in [-0.39, 0.29) is 56.2 Å². The van der Waals surface area contributed by atoms with Gasteiger partial charge in [0.2, 0.25) is 0 Å². The van der Waals surface area contributed by atoms with Crippen molar-refractivity contribution in [1.29, 1.82) is 0 Å². The van der Waals surface area contributed by atoms with E-state index < -0.39 is 32.5 Å². The molecule has 3 N–H and O–H groups in total. The third-order valence-electron chi connectivity index (χ3n) is 16.5. The van der Waals surface area contributed by atoms with Gasteiger partial charge in [-0.2, -0.15) is 0 Å². The molecule has 0 radical (unpaired) electrons. The Morgan fingerprint density at radius 1 is 0.738 bits per heavy atom. The van der Waals surface area contributed by atoms with Crippen LogP contribution < -0.4 is 5.32 Å². The van der Waals surface area contributed by atoms with Crippen molar-refractivity contribution in [1.82, 2.24) is 10.2 Å². The van der Waals surface area contributed by atoms with Gasteiger partial charge in [0.15, 0.2) is 6.10 Å². The Hall–Kier alpha value is -4.50. The highest BCUT2D eigenvalue weighted by Gasteiger charge is 2.42. The number of nitrogens with one attached hydrogen (secondary N) is 1. The molecule has 0 saturated carbocycles. The van der Waals surface area contributed by atoms with E-state index in [4.69, 9.17) is 38.2 Å². The molecule has 0 aromatic carbocycles. The van der Waals surface area contributed by atoms with Gasteiger partial charge in [-0.15, -0.1) is 0 Å². The first-order chi connectivity index (χ1) is 38.5. The van der Waals surface area contributed by atoms with Crippen LogP contribution in [0, 0.1) is 11.8 Å². The van der Waals surface area contributed by atoms with E-state index in [2.05, 4.69) is 65.9 Å². The molecule has 1 aliphatic carbocycles. The van der Waals surface area contributed by atoms with Gasteiger partial charge < -0.3 is 34.4 Å². The molecule has 5 heterocycles. The van der Waals surface area contributed by atoms with E-state index in [1.165, 1.54) is 83.5 Å². The number of aliphatic hydroxyl groups excluding tert-OH is 1. The van der Waals surface area contributed by atoms with Crippen LogP contribution in [0.15, 0.2) is 106 Å². The summed E-state index contributed by atoms with van der Waals surface area (Å²) in [4.78, 5) is 55.2. The minimum absolute atomic E-state index is 0.0381. The Labute approximate surface area is 479 Å². The zero-order valence-corrected chi connectivity index (χ0v) is 51.3. The van der Waals surface area contributed by atoms with Crippen molar-refractivity contribution < 1.29 is 47.4 Å². The molecule has 1 saturated heterocycles. The summed E-state index contributed by atoms with van der Waals surface area (Å²) < 4.78 is 41.6. The van der Waals surface area contributed by atoms with Gasteiger partial charge in [-0.1, -0.05) is 137 Å². The zero-order chi connectivity index (χ0) is 57.8. The summed E-state index contributed by atoms with van der Waals surface area (Å²) >= 11 is 0. The number of rotatable bonds is 37. The number of likely N-dealkylation sites (N-methyl/N-ethyl adjacent to an activating group) is 1. The highest BCUT2D eigenvalue weighted by molar-refractivity contribution is 7.47. The first-order valence-corrected chi connectivity index (χ1v) is 32.2. The zero-order valence-electron chi connectivity index (χ0n) is 50.4. The molecular weight excluding hydrogens is 1030 g/mol. The van der Waals surface area contributed by atoms with Gasteiger partial charge in [-0.3, -0.25) is 18.6 Å². The third kappa shape index (κ3) is 18.5. The van der Waals surface area contributed by atoms with Crippen molar-refractivity contribution in [2.24, 2.45) is 26.8 Å². The molecule has 0 amide bonds. The normalized spacial score (nSPS) is 20.3. The van der Waals surface area contributed by atoms with Crippen molar-refractivity contribution in [3.05, 3.63) is 91.5 Å². The first-order valence-electron chi connectivity index (χ1n) is 30.7. The number of aliphatic hydroxyl groups is 1. The van der Waals surface area contributed by atoms with E-state index in [9.17, 15) is 24.2 Å². The predicted octanol–water partition coefficient (Wildman–Crippen LogP) is 14.8. The standard InChI is InChI=1S/C64H98N5O10P/c1-11-14-16-18-20-21-22-23-24-25-26-27-29-31-59(71)76-41-48(42-78-80(73,74)77-36-34-69(9)10)79-60(72)33-32-50-44(5)53-38-54-45(6)61(47(8)75-35-30-28-19-17-15-12-2)57(66-54)40-52-43(4)49(13-3)56(65-52)39-55-46(7)62-58(70)37-51(63(50)67-53)64(62)68-55/h38-40,44,47-48,50,67,70H,11-37,41-42H2,1-10H3,(H,73,74). The van der Waals surface area contributed by atoms with Gasteiger partial charge in [0.1, 0.15) is 12.4 Å². The lowest BCUT2D eigenvalue weighted by Crippen LogP contribution is -2.30. The maximum atomic E-state index is 14.1. The summed E-state index contributed by atoms with van der Waals surface area (Å²) in [5.41, 5.74) is 13.3. The molecule has 8 bridgehead atoms. The van der Waals surface area contributed by atoms with Crippen LogP contribution in [0.3, 0.4) is 0 Å². The van der Waals surface area contributed by atoms with Gasteiger partial charge in [0.05, 0.1) is 53.5 Å². The van der Waals surface area contributed by atoms with Crippen molar-refractivity contribution in [2.45, 2.75) is 222 Å². The van der Waals surface area contributed by atoms with Crippen LogP contribution >= 0.6 is 7.82 Å². The van der Waals surface area contributed by atoms with Crippen molar-refractivity contribution in [2.75, 3.05) is 47.1 Å². The molecule has 6 aliphatic rings. The molecular formula is C64H98N5O10P. The molecule has 5 aliphatic heterocycles. The molecule has 5 unspecified atom stereocenters. The Morgan fingerprint density at radius 3 is 1.99 bits per heavy atom. The van der Waals surface area contributed by atoms with Gasteiger partial charge in [0.25, 0.3) is 0 Å². The van der Waals surface area contributed by atoms with Gasteiger partial charge in [-0.25, -0.2) is 19.5 Å². The molecule has 15 nitrogen and oxygen atoms in total. The number of hydrogen-bond acceptors (Lipinski definition) is 14. The lowest BCUT2D eigenvalue weighted by molar-refractivity contribution is -0.161. The summed E-state index contributed by atoms with van der Waals surface area (Å²) in [7, 11) is -0.909. The Balaban J connectivity index is 1.19. The minimum Gasteiger partial charge on any atom is -0.511 e. The number of hydrogen-bond donors (Lipinski definition) is 3. The van der Waals surface area contributed by atoms with Crippen molar-refractivity contribution in [3.8, 4) is 0 Å². The Bertz CT molecular complexity index is 2590. The van der Waals surface area contributed by atoms with Gasteiger partial charge in [0, 0.05) is 72.4 Å². The molecule has 0 aromatic heterocycles. The number of carbonyl (C=O) groups excluding carboxylic acids is 2. The van der Waals surface area contributed by atoms with Crippen LogP contribution in [0.1, 0.15) is 209 Å². The summed E-state index contributed by atoms with van der Waals surface area (Å²) in [6.45, 7) is 17.2. The molecule has 0 aromatic rings. The second kappa shape index (κ2) is 32.4. The summed E-state index contributed by atoms with van der Waals surface area (Å²) in [5, 5.41) is 15.5. The second-order valence-electron chi connectivity index (χ2n) is 23.0. The van der Waals surface area contributed by atoms with Gasteiger partial charge in [-0.05, 0) is 108 Å². The summed E-state index contributed by atoms with van der Waals surface area (Å²) in [6.07, 6.45) is 28.9. The van der Waals surface area contributed by atoms with E-state index in [0.717, 1.165) is 117 Å². The highest BCUT2D eigenvalue weighted by Crippen LogP contribution is 2.47. The number of unbranched alkanes of at least 4 members (excludes halogenated alkanes) is 17. The number of aliphatic imine (C=N–C) groups is 3. The molecule has 16 heteroatoms. The van der Waals surface area contributed by atoms with Crippen LogP contribution in [0.25, 0.3) is 0 Å². The van der Waals surface area contributed by atoms with Crippen molar-refractivity contribution in [3.63, 3.8) is 0 Å². The van der Waals surface area contributed by atoms with Gasteiger partial charge >= 0.3 is 19.8 Å². The maximum Gasteiger partial charge on any atom is 0.472 e. The fraction of sp³-hybridized carbons (Fsp3) is 0.672. The fourth-order valence-electron chi connectivity index (χ4n) is 11.6. The monoisotopic (exact) mass is 1130 g/mol. The number of nitrogens with zero attached hydrogens (tertiary/aromatic N) is 4. The fourth-order valence-corrected chi connectivity index (χ4v) is 12.3. The lowest BCUT2D eigenvalue weighted by atomic mass is 9.86. The number of esters is 2. The van der Waals surface area contributed by atoms with Crippen LogP contribution in [-0.4, -0.2) is 103 Å². The third-order valence-corrected chi connectivity index (χ3v) is 17.4. The largest absolute Gasteiger partial charge is 0.511 e. The number of phosphoric acid groups is 1. The first kappa shape index (κ1) is 64.7. The topological polar surface area (TPSA) is 190 Å². The molecule has 1 fully saturated rings. The van der Waals surface area contributed by atoms with E-state index in [1.54, 1.807) is 4.90 Å². The SMILES string of the molecule is CCCCCCCCCCCCCCCC(=O)OCC(COP(=O)(O)OCCN(C)C)OC(=O)CCC1C2=C3CC(O)=C4C3=NC(=C4C)C=C3N=C(C=C4N=C(C=C(N2)C1C)C(C)=C4C(C)OCCCCCCCC)C(C)=C3CC.